The van der Waals surface area contributed by atoms with Crippen molar-refractivity contribution < 1.29 is 4.79 Å². The van der Waals surface area contributed by atoms with Crippen LogP contribution in [0.1, 0.15) is 39.5 Å². The third-order valence-electron chi connectivity index (χ3n) is 4.23. The Kier molecular flexibility index (Phi) is 4.66. The molecule has 1 aliphatic carbocycles. The van der Waals surface area contributed by atoms with E-state index in [4.69, 9.17) is 0 Å². The molecule has 5 heteroatoms. The van der Waals surface area contributed by atoms with Gasteiger partial charge in [0.05, 0.1) is 0 Å². The molecule has 1 saturated carbocycles. The van der Waals surface area contributed by atoms with E-state index in [1.54, 1.807) is 0 Å². The van der Waals surface area contributed by atoms with Gasteiger partial charge < -0.3 is 15.5 Å². The third kappa shape index (κ3) is 3.39. The number of amides is 1. The average Bonchev–Trinajstić information content (AvgIpc) is 2.80. The van der Waals surface area contributed by atoms with Crippen molar-refractivity contribution in [3.63, 3.8) is 0 Å². The topological polar surface area (TPSA) is 56.7 Å². The summed E-state index contributed by atoms with van der Waals surface area (Å²) in [5, 5.41) is 6.08. The van der Waals surface area contributed by atoms with Crippen molar-refractivity contribution in [2.24, 2.45) is 10.4 Å². The van der Waals surface area contributed by atoms with E-state index in [0.29, 0.717) is 12.0 Å². The monoisotopic (exact) mass is 266 g/mol. The van der Waals surface area contributed by atoms with Crippen LogP contribution < -0.4 is 10.6 Å². The third-order valence-corrected chi connectivity index (χ3v) is 4.23. The molecule has 0 aromatic heterocycles. The first-order valence-corrected chi connectivity index (χ1v) is 7.49. The molecular formula is C14H26N4O. The van der Waals surface area contributed by atoms with E-state index >= 15 is 0 Å². The van der Waals surface area contributed by atoms with Crippen molar-refractivity contribution >= 4 is 11.9 Å². The van der Waals surface area contributed by atoms with Crippen LogP contribution in [-0.4, -0.2) is 49.5 Å². The highest BCUT2D eigenvalue weighted by molar-refractivity contribution is 5.85. The number of nitrogens with one attached hydrogen (secondary N) is 2. The first-order valence-electron chi connectivity index (χ1n) is 7.49. The number of nitrogens with zero attached hydrogens (tertiary/aromatic N) is 2. The molecule has 2 rings (SSSR count). The minimum Gasteiger partial charge on any atom is -0.357 e. The second-order valence-electron chi connectivity index (χ2n) is 5.65. The van der Waals surface area contributed by atoms with E-state index in [-0.39, 0.29) is 12.5 Å². The largest absolute Gasteiger partial charge is 0.357 e. The van der Waals surface area contributed by atoms with Crippen molar-refractivity contribution in [1.82, 2.24) is 15.5 Å². The number of rotatable bonds is 4. The fourth-order valence-electron chi connectivity index (χ4n) is 3.03. The van der Waals surface area contributed by atoms with Gasteiger partial charge in [-0.15, -0.1) is 0 Å². The highest BCUT2D eigenvalue weighted by Gasteiger charge is 2.43. The number of hydrogen-bond acceptors (Lipinski definition) is 2. The van der Waals surface area contributed by atoms with Crippen LogP contribution in [0.25, 0.3) is 0 Å². The molecule has 1 saturated heterocycles. The number of carbonyl (C=O) groups excluding carboxylic acids is 1. The molecule has 2 fully saturated rings. The van der Waals surface area contributed by atoms with Crippen molar-refractivity contribution in [3.05, 3.63) is 0 Å². The van der Waals surface area contributed by atoms with Crippen molar-refractivity contribution in [1.29, 1.82) is 0 Å². The second-order valence-corrected chi connectivity index (χ2v) is 5.65. The highest BCUT2D eigenvalue weighted by Crippen LogP contribution is 2.47. The van der Waals surface area contributed by atoms with Gasteiger partial charge in [0.1, 0.15) is 6.54 Å². The standard InChI is InChI=1S/C14H26N4O/c1-3-15-12(19)10-17-13(16-4-2)18-9-8-14(11-18)6-5-7-14/h3-11H2,1-2H3,(H,15,19)(H,16,17). The summed E-state index contributed by atoms with van der Waals surface area (Å²) in [7, 11) is 0. The lowest BCUT2D eigenvalue weighted by Crippen LogP contribution is -2.43. The molecular weight excluding hydrogens is 240 g/mol. The Balaban J connectivity index is 1.91. The predicted molar refractivity (Wildman–Crippen MR) is 77.1 cm³/mol. The van der Waals surface area contributed by atoms with Crippen molar-refractivity contribution in [2.75, 3.05) is 32.7 Å². The molecule has 2 aliphatic rings. The molecule has 0 bridgehead atoms. The van der Waals surface area contributed by atoms with Crippen LogP contribution in [0.2, 0.25) is 0 Å². The number of guanidine groups is 1. The SMILES string of the molecule is CCNC(=O)CN=C(NCC)N1CCC2(CCC2)C1. The maximum atomic E-state index is 11.5. The van der Waals surface area contributed by atoms with Gasteiger partial charge >= 0.3 is 0 Å². The van der Waals surface area contributed by atoms with Gasteiger partial charge in [0.2, 0.25) is 5.91 Å². The summed E-state index contributed by atoms with van der Waals surface area (Å²) in [6.45, 7) is 7.90. The molecule has 0 aromatic carbocycles. The quantitative estimate of drug-likeness (QED) is 0.589. The average molecular weight is 266 g/mol. The molecule has 0 radical (unpaired) electrons. The van der Waals surface area contributed by atoms with Crippen LogP contribution in [0.4, 0.5) is 0 Å². The van der Waals surface area contributed by atoms with E-state index in [2.05, 4.69) is 27.4 Å². The first-order chi connectivity index (χ1) is 9.19. The fourth-order valence-corrected chi connectivity index (χ4v) is 3.03. The highest BCUT2D eigenvalue weighted by atomic mass is 16.1. The molecule has 1 heterocycles. The Labute approximate surface area is 115 Å². The van der Waals surface area contributed by atoms with E-state index in [9.17, 15) is 4.79 Å². The van der Waals surface area contributed by atoms with Crippen molar-refractivity contribution in [3.8, 4) is 0 Å². The normalized spacial score (nSPS) is 21.4. The maximum Gasteiger partial charge on any atom is 0.241 e. The molecule has 1 aliphatic heterocycles. The summed E-state index contributed by atoms with van der Waals surface area (Å²) in [5.74, 6) is 0.896. The molecule has 5 nitrogen and oxygen atoms in total. The Hall–Kier alpha value is -1.26. The van der Waals surface area contributed by atoms with Gasteiger partial charge in [-0.25, -0.2) is 4.99 Å². The summed E-state index contributed by atoms with van der Waals surface area (Å²) in [5.41, 5.74) is 0.557. The number of aliphatic imine (C=N–C) groups is 1. The van der Waals surface area contributed by atoms with E-state index in [1.807, 2.05) is 6.92 Å². The van der Waals surface area contributed by atoms with Crippen LogP contribution in [0, 0.1) is 5.41 Å². The van der Waals surface area contributed by atoms with Crippen LogP contribution in [-0.2, 0) is 4.79 Å². The van der Waals surface area contributed by atoms with Gasteiger partial charge in [0.25, 0.3) is 0 Å². The Bertz CT molecular complexity index is 349. The summed E-state index contributed by atoms with van der Waals surface area (Å²) in [6, 6.07) is 0. The number of likely N-dealkylation sites (tertiary alicyclic amines) is 1. The van der Waals surface area contributed by atoms with E-state index < -0.39 is 0 Å². The smallest absolute Gasteiger partial charge is 0.241 e. The summed E-state index contributed by atoms with van der Waals surface area (Å²) < 4.78 is 0. The van der Waals surface area contributed by atoms with Gasteiger partial charge in [-0.2, -0.15) is 0 Å². The Morgan fingerprint density at radius 2 is 1.95 bits per heavy atom. The first kappa shape index (κ1) is 14.2. The molecule has 108 valence electrons. The molecule has 0 atom stereocenters. The van der Waals surface area contributed by atoms with E-state index in [1.165, 1.54) is 25.7 Å². The molecule has 0 unspecified atom stereocenters. The van der Waals surface area contributed by atoms with Gasteiger partial charge in [-0.05, 0) is 38.5 Å². The summed E-state index contributed by atoms with van der Waals surface area (Å²) in [6.07, 6.45) is 5.37. The zero-order valence-corrected chi connectivity index (χ0v) is 12.2. The molecule has 1 amide bonds. The Morgan fingerprint density at radius 1 is 1.21 bits per heavy atom. The summed E-state index contributed by atoms with van der Waals surface area (Å²) in [4.78, 5) is 18.3. The minimum atomic E-state index is -0.00421. The lowest BCUT2D eigenvalue weighted by molar-refractivity contribution is -0.119. The molecule has 19 heavy (non-hydrogen) atoms. The van der Waals surface area contributed by atoms with E-state index in [0.717, 1.165) is 25.6 Å². The maximum absolute atomic E-state index is 11.5. The van der Waals surface area contributed by atoms with Crippen LogP contribution in [0.5, 0.6) is 0 Å². The lowest BCUT2D eigenvalue weighted by atomic mass is 9.68. The van der Waals surface area contributed by atoms with Gasteiger partial charge in [0.15, 0.2) is 5.96 Å². The fraction of sp³-hybridized carbons (Fsp3) is 0.857. The van der Waals surface area contributed by atoms with Crippen molar-refractivity contribution in [2.45, 2.75) is 39.5 Å². The zero-order chi connectivity index (χ0) is 13.7. The Morgan fingerprint density at radius 3 is 2.47 bits per heavy atom. The van der Waals surface area contributed by atoms with Gasteiger partial charge in [-0.1, -0.05) is 6.42 Å². The van der Waals surface area contributed by atoms with Gasteiger partial charge in [-0.3, -0.25) is 4.79 Å². The van der Waals surface area contributed by atoms with Crippen LogP contribution in [0.15, 0.2) is 4.99 Å². The predicted octanol–water partition coefficient (Wildman–Crippen LogP) is 0.964. The molecule has 1 spiro atoms. The van der Waals surface area contributed by atoms with Crippen LogP contribution >= 0.6 is 0 Å². The van der Waals surface area contributed by atoms with Gasteiger partial charge in [0, 0.05) is 26.2 Å². The molecule has 0 aromatic rings. The number of hydrogen-bond donors (Lipinski definition) is 2. The second kappa shape index (κ2) is 6.26. The number of likely N-dealkylation sites (N-methyl/N-ethyl adjacent to an activating group) is 1. The minimum absolute atomic E-state index is 0.00421. The zero-order valence-electron chi connectivity index (χ0n) is 12.2. The number of carbonyl (C=O) groups is 1. The lowest BCUT2D eigenvalue weighted by Gasteiger charge is -2.38. The summed E-state index contributed by atoms with van der Waals surface area (Å²) >= 11 is 0. The molecule has 2 N–H and O–H groups in total. The van der Waals surface area contributed by atoms with Crippen LogP contribution in [0.3, 0.4) is 0 Å².